The molecule has 1 N–H and O–H groups in total. The van der Waals surface area contributed by atoms with Crippen LogP contribution in [0.25, 0.3) is 0 Å². The lowest BCUT2D eigenvalue weighted by molar-refractivity contribution is 0.0955. The maximum Gasteiger partial charge on any atom is 0.271 e. The van der Waals surface area contributed by atoms with Crippen LogP contribution in [0.4, 0.5) is 0 Å². The third-order valence-corrected chi connectivity index (χ3v) is 3.54. The molecule has 0 aliphatic rings. The van der Waals surface area contributed by atoms with Gasteiger partial charge < -0.3 is 4.74 Å². The monoisotopic (exact) mass is 324 g/mol. The minimum Gasteiger partial charge on any atom is -0.494 e. The minimum atomic E-state index is -0.243. The van der Waals surface area contributed by atoms with Gasteiger partial charge in [-0.1, -0.05) is 43.7 Å². The summed E-state index contributed by atoms with van der Waals surface area (Å²) >= 11 is 0. The lowest BCUT2D eigenvalue weighted by Gasteiger charge is -2.08. The van der Waals surface area contributed by atoms with E-state index in [-0.39, 0.29) is 5.91 Å². The van der Waals surface area contributed by atoms with Crippen LogP contribution in [0.2, 0.25) is 0 Å². The van der Waals surface area contributed by atoms with E-state index in [4.69, 9.17) is 4.74 Å². The molecule has 24 heavy (non-hydrogen) atoms. The smallest absolute Gasteiger partial charge is 0.271 e. The number of aryl methyl sites for hydroxylation is 1. The molecule has 4 nitrogen and oxygen atoms in total. The van der Waals surface area contributed by atoms with Crippen LogP contribution in [0.15, 0.2) is 53.6 Å². The van der Waals surface area contributed by atoms with Crippen molar-refractivity contribution < 1.29 is 9.53 Å². The molecule has 0 aromatic heterocycles. The maximum atomic E-state index is 12.0. The van der Waals surface area contributed by atoms with Crippen LogP contribution >= 0.6 is 0 Å². The first-order valence-corrected chi connectivity index (χ1v) is 8.17. The van der Waals surface area contributed by atoms with Gasteiger partial charge in [-0.15, -0.1) is 0 Å². The molecule has 0 unspecified atom stereocenters. The fourth-order valence-corrected chi connectivity index (χ4v) is 2.00. The van der Waals surface area contributed by atoms with Crippen LogP contribution < -0.4 is 10.2 Å². The number of hydrogen-bond acceptors (Lipinski definition) is 3. The van der Waals surface area contributed by atoms with Crippen LogP contribution in [0.1, 0.15) is 41.8 Å². The van der Waals surface area contributed by atoms with Crippen molar-refractivity contribution in [1.29, 1.82) is 0 Å². The Morgan fingerprint density at radius 2 is 1.79 bits per heavy atom. The number of nitrogens with one attached hydrogen (secondary N) is 1. The normalized spacial score (nSPS) is 11.0. The molecule has 2 aromatic carbocycles. The Morgan fingerprint density at radius 1 is 1.12 bits per heavy atom. The Labute approximate surface area is 143 Å². The molecular formula is C20H24N2O2. The predicted molar refractivity (Wildman–Crippen MR) is 97.6 cm³/mol. The molecule has 0 radical (unpaired) electrons. The first kappa shape index (κ1) is 17.7. The van der Waals surface area contributed by atoms with Crippen molar-refractivity contribution in [3.8, 4) is 5.75 Å². The van der Waals surface area contributed by atoms with Crippen molar-refractivity contribution in [1.82, 2.24) is 5.43 Å². The van der Waals surface area contributed by atoms with E-state index in [9.17, 15) is 4.79 Å². The lowest BCUT2D eigenvalue weighted by Crippen LogP contribution is -2.17. The van der Waals surface area contributed by atoms with Gasteiger partial charge in [0.1, 0.15) is 5.75 Å². The molecule has 0 saturated heterocycles. The second-order valence-electron chi connectivity index (χ2n) is 6.17. The molecule has 1 amide bonds. The van der Waals surface area contributed by atoms with E-state index in [1.807, 2.05) is 31.2 Å². The molecule has 0 fully saturated rings. The first-order chi connectivity index (χ1) is 11.5. The molecule has 4 heteroatoms. The van der Waals surface area contributed by atoms with Gasteiger partial charge in [0, 0.05) is 5.56 Å². The van der Waals surface area contributed by atoms with Gasteiger partial charge in [0.05, 0.1) is 12.8 Å². The fourth-order valence-electron chi connectivity index (χ4n) is 2.00. The largest absolute Gasteiger partial charge is 0.494 e. The van der Waals surface area contributed by atoms with Crippen LogP contribution in [0.3, 0.4) is 0 Å². The molecule has 0 spiro atoms. The van der Waals surface area contributed by atoms with Crippen LogP contribution in [0.5, 0.6) is 5.75 Å². The molecule has 0 heterocycles. The maximum absolute atomic E-state index is 12.0. The van der Waals surface area contributed by atoms with E-state index >= 15 is 0 Å². The molecule has 0 atom stereocenters. The van der Waals surface area contributed by atoms with Crippen LogP contribution in [-0.2, 0) is 0 Å². The van der Waals surface area contributed by atoms with E-state index in [1.54, 1.807) is 30.5 Å². The first-order valence-electron chi connectivity index (χ1n) is 8.17. The molecule has 2 aromatic rings. The summed E-state index contributed by atoms with van der Waals surface area (Å²) in [5.74, 6) is 1.14. The van der Waals surface area contributed by atoms with Crippen molar-refractivity contribution in [2.24, 2.45) is 11.0 Å². The number of rotatable bonds is 7. The number of ether oxygens (including phenoxy) is 1. The number of carbonyl (C=O) groups excluding carboxylic acids is 1. The highest BCUT2D eigenvalue weighted by atomic mass is 16.5. The molecule has 126 valence electrons. The number of benzene rings is 2. The van der Waals surface area contributed by atoms with Gasteiger partial charge in [-0.2, -0.15) is 5.10 Å². The third kappa shape index (κ3) is 5.88. The highest BCUT2D eigenvalue weighted by Gasteiger charge is 2.04. The second kappa shape index (κ2) is 8.87. The van der Waals surface area contributed by atoms with Crippen LogP contribution in [0, 0.1) is 12.8 Å². The predicted octanol–water partition coefficient (Wildman–Crippen LogP) is 4.18. The summed E-state index contributed by atoms with van der Waals surface area (Å²) in [4.78, 5) is 12.0. The van der Waals surface area contributed by atoms with E-state index in [0.29, 0.717) is 18.1 Å². The highest BCUT2D eigenvalue weighted by molar-refractivity contribution is 5.94. The van der Waals surface area contributed by atoms with E-state index in [2.05, 4.69) is 24.4 Å². The Morgan fingerprint density at radius 3 is 2.42 bits per heavy atom. The Hall–Kier alpha value is -2.62. The lowest BCUT2D eigenvalue weighted by atomic mass is 10.1. The van der Waals surface area contributed by atoms with Crippen molar-refractivity contribution in [2.75, 3.05) is 6.61 Å². The average molecular weight is 324 g/mol. The quantitative estimate of drug-likeness (QED) is 0.613. The summed E-state index contributed by atoms with van der Waals surface area (Å²) in [6.45, 7) is 7.03. The van der Waals surface area contributed by atoms with E-state index < -0.39 is 0 Å². The van der Waals surface area contributed by atoms with Gasteiger partial charge >= 0.3 is 0 Å². The molecule has 0 aliphatic heterocycles. The van der Waals surface area contributed by atoms with E-state index in [0.717, 1.165) is 17.7 Å². The summed E-state index contributed by atoms with van der Waals surface area (Å²) < 4.78 is 5.64. The summed E-state index contributed by atoms with van der Waals surface area (Å²) in [5.41, 5.74) is 5.20. The SMILES string of the molecule is Cc1ccc(C=NNC(=O)c2ccc(OCCC(C)C)cc2)cc1. The average Bonchev–Trinajstić information content (AvgIpc) is 2.57. The summed E-state index contributed by atoms with van der Waals surface area (Å²) in [5, 5.41) is 3.98. The standard InChI is InChI=1S/C20H24N2O2/c1-15(2)12-13-24-19-10-8-18(9-11-19)20(23)22-21-14-17-6-4-16(3)5-7-17/h4-11,14-15H,12-13H2,1-3H3,(H,22,23). The zero-order valence-corrected chi connectivity index (χ0v) is 14.5. The molecule has 0 saturated carbocycles. The van der Waals surface area contributed by atoms with Gasteiger partial charge in [-0.05, 0) is 49.1 Å². The van der Waals surface area contributed by atoms with Crippen molar-refractivity contribution in [3.63, 3.8) is 0 Å². The topological polar surface area (TPSA) is 50.7 Å². The van der Waals surface area contributed by atoms with E-state index in [1.165, 1.54) is 5.56 Å². The molecule has 2 rings (SSSR count). The number of hydrazone groups is 1. The highest BCUT2D eigenvalue weighted by Crippen LogP contribution is 2.13. The van der Waals surface area contributed by atoms with Gasteiger partial charge in [0.25, 0.3) is 5.91 Å². The summed E-state index contributed by atoms with van der Waals surface area (Å²) in [7, 11) is 0. The van der Waals surface area contributed by atoms with Crippen LogP contribution in [-0.4, -0.2) is 18.7 Å². The molecule has 0 bridgehead atoms. The number of hydrogen-bond donors (Lipinski definition) is 1. The zero-order valence-electron chi connectivity index (χ0n) is 14.5. The summed E-state index contributed by atoms with van der Waals surface area (Å²) in [6.07, 6.45) is 2.64. The zero-order chi connectivity index (χ0) is 17.4. The number of amides is 1. The molecular weight excluding hydrogens is 300 g/mol. The Kier molecular flexibility index (Phi) is 6.55. The molecule has 0 aliphatic carbocycles. The number of nitrogens with zero attached hydrogens (tertiary/aromatic N) is 1. The van der Waals surface area contributed by atoms with Crippen molar-refractivity contribution >= 4 is 12.1 Å². The van der Waals surface area contributed by atoms with Gasteiger partial charge in [0.15, 0.2) is 0 Å². The Bertz CT molecular complexity index is 674. The second-order valence-corrected chi connectivity index (χ2v) is 6.17. The van der Waals surface area contributed by atoms with Gasteiger partial charge in [-0.25, -0.2) is 5.43 Å². The number of carbonyl (C=O) groups is 1. The van der Waals surface area contributed by atoms with Gasteiger partial charge in [-0.3, -0.25) is 4.79 Å². The van der Waals surface area contributed by atoms with Crippen molar-refractivity contribution in [2.45, 2.75) is 27.2 Å². The van der Waals surface area contributed by atoms with Crippen molar-refractivity contribution in [3.05, 3.63) is 65.2 Å². The summed E-state index contributed by atoms with van der Waals surface area (Å²) in [6, 6.07) is 15.0. The fraction of sp³-hybridized carbons (Fsp3) is 0.300. The third-order valence-electron chi connectivity index (χ3n) is 3.54. The minimum absolute atomic E-state index is 0.243. The Balaban J connectivity index is 1.84. The van der Waals surface area contributed by atoms with Gasteiger partial charge in [0.2, 0.25) is 0 Å².